The van der Waals surface area contributed by atoms with Crippen molar-refractivity contribution in [2.45, 2.75) is 38.5 Å². The molecule has 0 saturated heterocycles. The highest BCUT2D eigenvalue weighted by molar-refractivity contribution is 6.16. The lowest BCUT2D eigenvalue weighted by Gasteiger charge is -2.42. The number of fused-ring (bicyclic) bond motifs is 1. The third-order valence-corrected chi connectivity index (χ3v) is 9.27. The van der Waals surface area contributed by atoms with Crippen molar-refractivity contribution in [3.05, 3.63) is 125 Å². The monoisotopic (exact) mass is 511 g/mol. The molecule has 1 aromatic heterocycles. The Morgan fingerprint density at radius 2 is 0.897 bits per heavy atom. The molecule has 0 amide bonds. The zero-order valence-corrected chi connectivity index (χ0v) is 22.4. The van der Waals surface area contributed by atoms with Crippen LogP contribution in [0.1, 0.15) is 49.9 Å². The predicted octanol–water partition coefficient (Wildman–Crippen LogP) is 9.67. The molecule has 0 saturated carbocycles. The third kappa shape index (κ3) is 2.83. The highest BCUT2D eigenvalue weighted by atomic mass is 19.1. The fraction of sp³-hybridized carbons (Fsp3) is 0.167. The quantitative estimate of drug-likeness (QED) is 0.218. The number of hydrogen-bond donors (Lipinski definition) is 0. The first-order valence-corrected chi connectivity index (χ1v) is 13.5. The van der Waals surface area contributed by atoms with Crippen LogP contribution in [0.3, 0.4) is 0 Å². The zero-order valence-electron chi connectivity index (χ0n) is 22.4. The molecule has 0 aliphatic carbocycles. The lowest BCUT2D eigenvalue weighted by Crippen LogP contribution is -2.33. The van der Waals surface area contributed by atoms with Gasteiger partial charge in [0.1, 0.15) is 11.6 Å². The van der Waals surface area contributed by atoms with Crippen molar-refractivity contribution in [1.82, 2.24) is 4.57 Å². The topological polar surface area (TPSA) is 4.93 Å². The summed E-state index contributed by atoms with van der Waals surface area (Å²) in [4.78, 5) is 0. The van der Waals surface area contributed by atoms with Crippen molar-refractivity contribution in [1.29, 1.82) is 0 Å². The fourth-order valence-electron chi connectivity index (χ4n) is 7.15. The second kappa shape index (κ2) is 7.24. The van der Waals surface area contributed by atoms with Crippen LogP contribution < -0.4 is 0 Å². The van der Waals surface area contributed by atoms with E-state index in [1.165, 1.54) is 74.0 Å². The summed E-state index contributed by atoms with van der Waals surface area (Å²) in [6.45, 7) is 9.28. The van der Waals surface area contributed by atoms with Gasteiger partial charge >= 0.3 is 0 Å². The molecule has 6 aromatic rings. The molecule has 0 spiro atoms. The van der Waals surface area contributed by atoms with Gasteiger partial charge in [0.05, 0.1) is 16.7 Å². The van der Waals surface area contributed by atoms with E-state index in [0.29, 0.717) is 0 Å². The van der Waals surface area contributed by atoms with Gasteiger partial charge in [-0.15, -0.1) is 0 Å². The first kappa shape index (κ1) is 22.7. The maximum atomic E-state index is 13.8. The molecule has 0 radical (unpaired) electrons. The van der Waals surface area contributed by atoms with Crippen molar-refractivity contribution in [2.75, 3.05) is 0 Å². The molecular weight excluding hydrogens is 484 g/mol. The van der Waals surface area contributed by atoms with Crippen LogP contribution in [0.25, 0.3) is 49.7 Å². The van der Waals surface area contributed by atoms with Crippen molar-refractivity contribution in [3.63, 3.8) is 0 Å². The summed E-state index contributed by atoms with van der Waals surface area (Å²) in [5, 5.41) is 2.39. The van der Waals surface area contributed by atoms with E-state index in [9.17, 15) is 8.78 Å². The molecule has 2 aliphatic rings. The lowest BCUT2D eigenvalue weighted by atomic mass is 9.68. The van der Waals surface area contributed by atoms with Crippen LogP contribution >= 0.6 is 0 Å². The molecular formula is C36H27F2N. The second-order valence-electron chi connectivity index (χ2n) is 12.1. The minimum Gasteiger partial charge on any atom is -0.308 e. The summed E-state index contributed by atoms with van der Waals surface area (Å²) in [6, 6.07) is 29.5. The van der Waals surface area contributed by atoms with Crippen LogP contribution in [0.15, 0.2) is 91.0 Å². The normalized spacial score (nSPS) is 15.8. The molecule has 5 aromatic carbocycles. The van der Waals surface area contributed by atoms with Crippen molar-refractivity contribution in [2.24, 2.45) is 0 Å². The van der Waals surface area contributed by atoms with Gasteiger partial charge in [0, 0.05) is 21.6 Å². The van der Waals surface area contributed by atoms with Gasteiger partial charge in [0.25, 0.3) is 0 Å². The summed E-state index contributed by atoms with van der Waals surface area (Å²) in [5.74, 6) is -0.470. The average molecular weight is 512 g/mol. The van der Waals surface area contributed by atoms with Crippen molar-refractivity contribution >= 4 is 21.8 Å². The minimum absolute atomic E-state index is 0.225. The maximum absolute atomic E-state index is 13.8. The Morgan fingerprint density at radius 1 is 0.487 bits per heavy atom. The molecule has 3 heterocycles. The van der Waals surface area contributed by atoms with Crippen molar-refractivity contribution in [3.8, 4) is 27.9 Å². The van der Waals surface area contributed by atoms with Crippen LogP contribution in [0.2, 0.25) is 0 Å². The van der Waals surface area contributed by atoms with E-state index in [0.717, 1.165) is 22.3 Å². The molecule has 190 valence electrons. The first-order valence-electron chi connectivity index (χ1n) is 13.5. The van der Waals surface area contributed by atoms with Gasteiger partial charge in [-0.1, -0.05) is 70.2 Å². The van der Waals surface area contributed by atoms with Crippen LogP contribution in [0.4, 0.5) is 8.78 Å². The van der Waals surface area contributed by atoms with E-state index < -0.39 is 0 Å². The summed E-state index contributed by atoms with van der Waals surface area (Å²) in [6.07, 6.45) is 0. The number of aromatic nitrogens is 1. The van der Waals surface area contributed by atoms with Gasteiger partial charge in [0.15, 0.2) is 0 Å². The molecule has 39 heavy (non-hydrogen) atoms. The number of nitrogens with zero attached hydrogens (tertiary/aromatic N) is 1. The van der Waals surface area contributed by atoms with Gasteiger partial charge in [-0.2, -0.15) is 0 Å². The molecule has 0 atom stereocenters. The van der Waals surface area contributed by atoms with E-state index in [2.05, 4.69) is 74.7 Å². The van der Waals surface area contributed by atoms with Crippen LogP contribution in [0, 0.1) is 11.6 Å². The van der Waals surface area contributed by atoms with Gasteiger partial charge in [0.2, 0.25) is 0 Å². The molecule has 3 heteroatoms. The Kier molecular flexibility index (Phi) is 4.22. The number of rotatable bonds is 2. The molecule has 0 unspecified atom stereocenters. The predicted molar refractivity (Wildman–Crippen MR) is 156 cm³/mol. The Labute approximate surface area is 226 Å². The SMILES string of the molecule is CC1(C)c2cccc3c2-n2c4c1cc(-c1ccc(F)cc1)cc4c1cc(-c4ccc(F)cc4)cc(c12)C3(C)C. The van der Waals surface area contributed by atoms with Gasteiger partial charge in [-0.25, -0.2) is 8.78 Å². The average Bonchev–Trinajstić information content (AvgIpc) is 3.25. The summed E-state index contributed by atoms with van der Waals surface area (Å²) in [7, 11) is 0. The zero-order chi connectivity index (χ0) is 26.8. The molecule has 2 aliphatic heterocycles. The lowest BCUT2D eigenvalue weighted by molar-refractivity contribution is 0.594. The molecule has 0 bridgehead atoms. The fourth-order valence-corrected chi connectivity index (χ4v) is 7.15. The van der Waals surface area contributed by atoms with E-state index in [4.69, 9.17) is 0 Å². The largest absolute Gasteiger partial charge is 0.308 e. The molecule has 0 fully saturated rings. The van der Waals surface area contributed by atoms with Crippen molar-refractivity contribution < 1.29 is 8.78 Å². The number of halogens is 2. The summed E-state index contributed by atoms with van der Waals surface area (Å²) in [5.41, 5.74) is 12.7. The highest BCUT2D eigenvalue weighted by Crippen LogP contribution is 2.56. The van der Waals surface area contributed by atoms with Gasteiger partial charge < -0.3 is 4.57 Å². The minimum atomic E-state index is -0.235. The van der Waals surface area contributed by atoms with Gasteiger partial charge in [-0.3, -0.25) is 0 Å². The van der Waals surface area contributed by atoms with E-state index in [-0.39, 0.29) is 22.5 Å². The smallest absolute Gasteiger partial charge is 0.123 e. The van der Waals surface area contributed by atoms with E-state index >= 15 is 0 Å². The number of hydrogen-bond acceptors (Lipinski definition) is 0. The van der Waals surface area contributed by atoms with E-state index in [1.807, 2.05) is 24.3 Å². The van der Waals surface area contributed by atoms with Crippen LogP contribution in [-0.2, 0) is 10.8 Å². The Balaban J connectivity index is 1.59. The summed E-state index contributed by atoms with van der Waals surface area (Å²) >= 11 is 0. The van der Waals surface area contributed by atoms with Crippen LogP contribution in [-0.4, -0.2) is 4.57 Å². The summed E-state index contributed by atoms with van der Waals surface area (Å²) < 4.78 is 30.2. The second-order valence-corrected chi connectivity index (χ2v) is 12.1. The molecule has 0 N–H and O–H groups in total. The Bertz CT molecular complexity index is 1860. The number of benzene rings is 5. The maximum Gasteiger partial charge on any atom is 0.123 e. The Hall–Kier alpha value is -4.24. The Morgan fingerprint density at radius 3 is 1.31 bits per heavy atom. The third-order valence-electron chi connectivity index (χ3n) is 9.27. The van der Waals surface area contributed by atoms with Gasteiger partial charge in [-0.05, 0) is 93.0 Å². The first-order chi connectivity index (χ1) is 18.7. The highest BCUT2D eigenvalue weighted by Gasteiger charge is 2.43. The van der Waals surface area contributed by atoms with Crippen LogP contribution in [0.5, 0.6) is 0 Å². The number of para-hydroxylation sites is 1. The molecule has 8 rings (SSSR count). The van der Waals surface area contributed by atoms with E-state index in [1.54, 1.807) is 0 Å². The standard InChI is InChI=1S/C36H27F2N/c1-35(2)28-6-5-7-29-34(28)39-32-26(16-22(18-30(32)35)20-8-12-24(37)13-9-20)27-17-23(21-10-14-25(38)15-11-21)19-31(33(27)39)36(29,3)4/h5-19H,1-4H3. The molecule has 1 nitrogen and oxygen atoms in total.